The second kappa shape index (κ2) is 5.49. The Labute approximate surface area is 114 Å². The van der Waals surface area contributed by atoms with Gasteiger partial charge in [0, 0.05) is 25.9 Å². The summed E-state index contributed by atoms with van der Waals surface area (Å²) in [5.41, 5.74) is -0.648. The summed E-state index contributed by atoms with van der Waals surface area (Å²) in [5.74, 6) is 0.276. The highest BCUT2D eigenvalue weighted by Gasteiger charge is 2.44. The third-order valence-corrected chi connectivity index (χ3v) is 4.29. The Hall–Kier alpha value is -1.10. The number of amides is 2. The molecule has 108 valence electrons. The van der Waals surface area contributed by atoms with E-state index in [1.807, 2.05) is 6.92 Å². The molecule has 2 fully saturated rings. The number of carbonyl (C=O) groups excluding carboxylic acids is 2. The molecule has 2 aliphatic rings. The normalized spacial score (nSPS) is 23.1. The zero-order valence-electron chi connectivity index (χ0n) is 11.9. The minimum atomic E-state index is -0.648. The summed E-state index contributed by atoms with van der Waals surface area (Å²) in [6, 6.07) is 0. The van der Waals surface area contributed by atoms with Crippen molar-refractivity contribution >= 4 is 11.8 Å². The molecule has 0 bridgehead atoms. The summed E-state index contributed by atoms with van der Waals surface area (Å²) in [6.07, 6.45) is 3.21. The van der Waals surface area contributed by atoms with Gasteiger partial charge in [0.2, 0.25) is 11.8 Å². The summed E-state index contributed by atoms with van der Waals surface area (Å²) < 4.78 is 0. The van der Waals surface area contributed by atoms with Crippen LogP contribution in [0.2, 0.25) is 0 Å². The summed E-state index contributed by atoms with van der Waals surface area (Å²) in [4.78, 5) is 27.1. The van der Waals surface area contributed by atoms with Gasteiger partial charge in [-0.3, -0.25) is 9.59 Å². The lowest BCUT2D eigenvalue weighted by Gasteiger charge is -2.48. The number of aliphatic hydroxyl groups is 1. The lowest BCUT2D eigenvalue weighted by atomic mass is 9.86. The van der Waals surface area contributed by atoms with Crippen molar-refractivity contribution in [3.05, 3.63) is 0 Å². The zero-order valence-corrected chi connectivity index (χ0v) is 11.9. The number of rotatable bonds is 3. The summed E-state index contributed by atoms with van der Waals surface area (Å²) in [7, 11) is 0. The Morgan fingerprint density at radius 3 is 2.26 bits per heavy atom. The molecule has 0 unspecified atom stereocenters. The van der Waals surface area contributed by atoms with Gasteiger partial charge in [-0.05, 0) is 19.3 Å². The van der Waals surface area contributed by atoms with Crippen molar-refractivity contribution in [1.29, 1.82) is 0 Å². The first-order valence-corrected chi connectivity index (χ1v) is 7.22. The Morgan fingerprint density at radius 2 is 1.79 bits per heavy atom. The zero-order chi connectivity index (χ0) is 14.0. The third kappa shape index (κ3) is 3.08. The van der Waals surface area contributed by atoms with Crippen LogP contribution in [0, 0.1) is 5.92 Å². The summed E-state index contributed by atoms with van der Waals surface area (Å²) in [6.45, 7) is 5.93. The van der Waals surface area contributed by atoms with E-state index in [0.29, 0.717) is 26.2 Å². The number of likely N-dealkylation sites (tertiary alicyclic amines) is 2. The van der Waals surface area contributed by atoms with Gasteiger partial charge in [-0.25, -0.2) is 0 Å². The first-order valence-electron chi connectivity index (χ1n) is 7.22. The topological polar surface area (TPSA) is 60.9 Å². The van der Waals surface area contributed by atoms with Gasteiger partial charge in [-0.2, -0.15) is 0 Å². The van der Waals surface area contributed by atoms with E-state index in [2.05, 4.69) is 0 Å². The van der Waals surface area contributed by atoms with E-state index in [0.717, 1.165) is 25.7 Å². The van der Waals surface area contributed by atoms with Crippen molar-refractivity contribution in [3.8, 4) is 0 Å². The fraction of sp³-hybridized carbons (Fsp3) is 0.857. The van der Waals surface area contributed by atoms with Crippen molar-refractivity contribution < 1.29 is 14.7 Å². The molecule has 19 heavy (non-hydrogen) atoms. The molecule has 1 N–H and O–H groups in total. The van der Waals surface area contributed by atoms with Gasteiger partial charge >= 0.3 is 0 Å². The Kier molecular flexibility index (Phi) is 4.13. The van der Waals surface area contributed by atoms with Crippen LogP contribution in [0.25, 0.3) is 0 Å². The van der Waals surface area contributed by atoms with Gasteiger partial charge < -0.3 is 14.9 Å². The number of carbonyl (C=O) groups is 2. The van der Waals surface area contributed by atoms with Crippen LogP contribution in [0.1, 0.15) is 39.5 Å². The van der Waals surface area contributed by atoms with Crippen molar-refractivity contribution in [2.24, 2.45) is 5.92 Å². The number of hydrogen-bond donors (Lipinski definition) is 1. The lowest BCUT2D eigenvalue weighted by Crippen LogP contribution is -2.64. The molecular formula is C14H24N2O3. The molecule has 0 aromatic rings. The van der Waals surface area contributed by atoms with Crippen molar-refractivity contribution in [2.45, 2.75) is 45.1 Å². The minimum Gasteiger partial charge on any atom is -0.386 e. The monoisotopic (exact) mass is 268 g/mol. The molecule has 2 amide bonds. The van der Waals surface area contributed by atoms with E-state index >= 15 is 0 Å². The van der Waals surface area contributed by atoms with Crippen LogP contribution < -0.4 is 0 Å². The predicted molar refractivity (Wildman–Crippen MR) is 71.4 cm³/mol. The Bertz CT molecular complexity index is 356. The fourth-order valence-electron chi connectivity index (χ4n) is 3.14. The molecule has 5 nitrogen and oxygen atoms in total. The van der Waals surface area contributed by atoms with Gasteiger partial charge in [0.15, 0.2) is 0 Å². The van der Waals surface area contributed by atoms with E-state index in [4.69, 9.17) is 0 Å². The highest BCUT2D eigenvalue weighted by Crippen LogP contribution is 2.29. The first-order chi connectivity index (χ1) is 8.95. The molecule has 0 spiro atoms. The quantitative estimate of drug-likeness (QED) is 0.816. The molecule has 2 saturated heterocycles. The summed E-state index contributed by atoms with van der Waals surface area (Å²) in [5, 5.41) is 10.1. The standard InChI is InChI=1S/C14H24N2O3/c1-3-6-14(19)9-16(10-14)13(18)12-4-7-15(8-5-12)11(2)17/h12,19H,3-10H2,1-2H3. The van der Waals surface area contributed by atoms with Crippen LogP contribution >= 0.6 is 0 Å². The maximum absolute atomic E-state index is 12.3. The largest absolute Gasteiger partial charge is 0.386 e. The van der Waals surface area contributed by atoms with Crippen molar-refractivity contribution in [2.75, 3.05) is 26.2 Å². The van der Waals surface area contributed by atoms with E-state index in [-0.39, 0.29) is 17.7 Å². The van der Waals surface area contributed by atoms with E-state index in [1.165, 1.54) is 0 Å². The average Bonchev–Trinajstić information content (AvgIpc) is 2.35. The second-order valence-electron chi connectivity index (χ2n) is 5.95. The SMILES string of the molecule is CCCC1(O)CN(C(=O)C2CCN(C(C)=O)CC2)C1. The number of β-amino-alcohol motifs (C(OH)–C–C–N with tert-alkyl or cyclic N) is 1. The van der Waals surface area contributed by atoms with Gasteiger partial charge in [0.1, 0.15) is 0 Å². The molecule has 0 aliphatic carbocycles. The van der Waals surface area contributed by atoms with Gasteiger partial charge in [0.05, 0.1) is 18.7 Å². The molecule has 0 aromatic carbocycles. The smallest absolute Gasteiger partial charge is 0.226 e. The third-order valence-electron chi connectivity index (χ3n) is 4.29. The highest BCUT2D eigenvalue weighted by atomic mass is 16.3. The van der Waals surface area contributed by atoms with E-state index in [9.17, 15) is 14.7 Å². The molecule has 2 aliphatic heterocycles. The number of piperidine rings is 1. The molecule has 2 rings (SSSR count). The molecular weight excluding hydrogens is 244 g/mol. The van der Waals surface area contributed by atoms with Crippen LogP contribution in [0.15, 0.2) is 0 Å². The van der Waals surface area contributed by atoms with Crippen LogP contribution in [0.5, 0.6) is 0 Å². The molecule has 2 heterocycles. The second-order valence-corrected chi connectivity index (χ2v) is 5.95. The Balaban J connectivity index is 1.79. The fourth-order valence-corrected chi connectivity index (χ4v) is 3.14. The van der Waals surface area contributed by atoms with Gasteiger partial charge in [0.25, 0.3) is 0 Å². The Morgan fingerprint density at radius 1 is 1.21 bits per heavy atom. The average molecular weight is 268 g/mol. The van der Waals surface area contributed by atoms with Crippen molar-refractivity contribution in [3.63, 3.8) is 0 Å². The minimum absolute atomic E-state index is 0.0294. The molecule has 0 radical (unpaired) electrons. The molecule has 0 saturated carbocycles. The number of hydrogen-bond acceptors (Lipinski definition) is 3. The van der Waals surface area contributed by atoms with Crippen LogP contribution in [0.3, 0.4) is 0 Å². The lowest BCUT2D eigenvalue weighted by molar-refractivity contribution is -0.162. The maximum atomic E-state index is 12.3. The van der Waals surface area contributed by atoms with E-state index in [1.54, 1.807) is 16.7 Å². The molecule has 0 aromatic heterocycles. The molecule has 5 heteroatoms. The first kappa shape index (κ1) is 14.3. The maximum Gasteiger partial charge on any atom is 0.226 e. The van der Waals surface area contributed by atoms with E-state index < -0.39 is 5.60 Å². The van der Waals surface area contributed by atoms with Crippen LogP contribution in [-0.2, 0) is 9.59 Å². The van der Waals surface area contributed by atoms with Crippen molar-refractivity contribution in [1.82, 2.24) is 9.80 Å². The highest BCUT2D eigenvalue weighted by molar-refractivity contribution is 5.80. The van der Waals surface area contributed by atoms with Crippen LogP contribution in [0.4, 0.5) is 0 Å². The summed E-state index contributed by atoms with van der Waals surface area (Å²) >= 11 is 0. The van der Waals surface area contributed by atoms with Gasteiger partial charge in [-0.15, -0.1) is 0 Å². The van der Waals surface area contributed by atoms with Crippen LogP contribution in [-0.4, -0.2) is 58.5 Å². The number of nitrogens with zero attached hydrogens (tertiary/aromatic N) is 2. The van der Waals surface area contributed by atoms with Gasteiger partial charge in [-0.1, -0.05) is 13.3 Å². The predicted octanol–water partition coefficient (Wildman–Crippen LogP) is 0.618. The molecule has 0 atom stereocenters.